The molecule has 0 saturated carbocycles. The van der Waals surface area contributed by atoms with E-state index >= 15 is 0 Å². The summed E-state index contributed by atoms with van der Waals surface area (Å²) >= 11 is 1.30. The number of fused-ring (bicyclic) bond motifs is 1. The molecule has 43 heavy (non-hydrogen) atoms. The third-order valence-corrected chi connectivity index (χ3v) is 8.43. The van der Waals surface area contributed by atoms with Crippen LogP contribution >= 0.6 is 11.3 Å². The maximum absolute atomic E-state index is 14.3. The number of benzene rings is 2. The Bertz CT molecular complexity index is 2040. The molecule has 3 aromatic heterocycles. The van der Waals surface area contributed by atoms with Crippen LogP contribution in [-0.2, 0) is 9.53 Å². The van der Waals surface area contributed by atoms with Gasteiger partial charge in [-0.2, -0.15) is 0 Å². The molecule has 0 saturated heterocycles. The molecule has 6 rings (SSSR count). The number of hydrogen-bond acceptors (Lipinski definition) is 7. The summed E-state index contributed by atoms with van der Waals surface area (Å²) in [5.74, 6) is 0.0937. The van der Waals surface area contributed by atoms with Crippen LogP contribution in [0.2, 0.25) is 0 Å². The number of aryl methyl sites for hydroxylation is 1. The van der Waals surface area contributed by atoms with Crippen molar-refractivity contribution in [2.45, 2.75) is 26.8 Å². The summed E-state index contributed by atoms with van der Waals surface area (Å²) in [6, 6.07) is 22.1. The van der Waals surface area contributed by atoms with Crippen molar-refractivity contribution in [3.05, 3.63) is 139 Å². The van der Waals surface area contributed by atoms with E-state index in [1.807, 2.05) is 92.9 Å². The van der Waals surface area contributed by atoms with E-state index in [2.05, 4.69) is 15.6 Å². The van der Waals surface area contributed by atoms with Gasteiger partial charge < -0.3 is 14.0 Å². The number of rotatable bonds is 7. The number of ether oxygens (including phenoxy) is 2. The van der Waals surface area contributed by atoms with Crippen molar-refractivity contribution in [3.8, 4) is 11.4 Å². The van der Waals surface area contributed by atoms with Crippen molar-refractivity contribution >= 4 is 29.1 Å². The van der Waals surface area contributed by atoms with E-state index in [9.17, 15) is 9.59 Å². The molecule has 1 atom stereocenters. The highest BCUT2D eigenvalue weighted by molar-refractivity contribution is 7.07. The monoisotopic (exact) mass is 590 g/mol. The zero-order valence-corrected chi connectivity index (χ0v) is 25.1. The lowest BCUT2D eigenvalue weighted by molar-refractivity contribution is -0.138. The molecule has 1 aliphatic heterocycles. The summed E-state index contributed by atoms with van der Waals surface area (Å²) in [7, 11) is 1.59. The Labute approximate surface area is 252 Å². The molecule has 9 heteroatoms. The second-order valence-corrected chi connectivity index (χ2v) is 11.1. The van der Waals surface area contributed by atoms with E-state index in [1.165, 1.54) is 11.3 Å². The lowest BCUT2D eigenvalue weighted by Crippen LogP contribution is -2.40. The Morgan fingerprint density at radius 1 is 1.05 bits per heavy atom. The SMILES string of the molecule is CCOC(=O)C1=C(c2ccccc2)N=c2sc(=Cc3cc(C)n(-c4cccnc4)c3C)c(=O)n2[C@@H]1c1cccc(OC)c1. The highest BCUT2D eigenvalue weighted by atomic mass is 32.1. The number of carbonyl (C=O) groups is 1. The Morgan fingerprint density at radius 2 is 1.86 bits per heavy atom. The van der Waals surface area contributed by atoms with Gasteiger partial charge in [-0.05, 0) is 68.3 Å². The molecule has 0 amide bonds. The quantitative estimate of drug-likeness (QED) is 0.256. The highest BCUT2D eigenvalue weighted by Crippen LogP contribution is 2.36. The van der Waals surface area contributed by atoms with Crippen LogP contribution < -0.4 is 19.6 Å². The second-order valence-electron chi connectivity index (χ2n) is 10.1. The first-order chi connectivity index (χ1) is 20.9. The first-order valence-electron chi connectivity index (χ1n) is 13.9. The first kappa shape index (κ1) is 28.1. The number of esters is 1. The van der Waals surface area contributed by atoms with Gasteiger partial charge in [-0.1, -0.05) is 53.8 Å². The normalized spacial score (nSPS) is 14.8. The van der Waals surface area contributed by atoms with Gasteiger partial charge in [0.1, 0.15) is 5.75 Å². The molecule has 0 spiro atoms. The molecule has 216 valence electrons. The van der Waals surface area contributed by atoms with Gasteiger partial charge in [0.15, 0.2) is 4.80 Å². The van der Waals surface area contributed by atoms with Crippen LogP contribution in [0.5, 0.6) is 5.75 Å². The fourth-order valence-corrected chi connectivity index (χ4v) is 6.52. The predicted molar refractivity (Wildman–Crippen MR) is 167 cm³/mol. The van der Waals surface area contributed by atoms with E-state index in [-0.39, 0.29) is 12.2 Å². The van der Waals surface area contributed by atoms with Gasteiger partial charge >= 0.3 is 5.97 Å². The Hall–Kier alpha value is -5.02. The zero-order valence-electron chi connectivity index (χ0n) is 24.3. The van der Waals surface area contributed by atoms with Gasteiger partial charge in [-0.15, -0.1) is 0 Å². The van der Waals surface area contributed by atoms with Gasteiger partial charge in [-0.25, -0.2) is 9.79 Å². The number of thiazole rings is 1. The third-order valence-electron chi connectivity index (χ3n) is 7.44. The van der Waals surface area contributed by atoms with Crippen LogP contribution in [-0.4, -0.2) is 33.8 Å². The fourth-order valence-electron chi connectivity index (χ4n) is 5.53. The molecule has 0 bridgehead atoms. The third kappa shape index (κ3) is 5.12. The maximum atomic E-state index is 14.3. The molecule has 2 aromatic carbocycles. The number of hydrogen-bond donors (Lipinski definition) is 0. The molecule has 0 fully saturated rings. The van der Waals surface area contributed by atoms with Crippen molar-refractivity contribution in [2.75, 3.05) is 13.7 Å². The summed E-state index contributed by atoms with van der Waals surface area (Å²) in [5, 5.41) is 0. The number of methoxy groups -OCH3 is 1. The lowest BCUT2D eigenvalue weighted by Gasteiger charge is -2.26. The van der Waals surface area contributed by atoms with Gasteiger partial charge in [0, 0.05) is 23.1 Å². The van der Waals surface area contributed by atoms with Crippen LogP contribution in [0.1, 0.15) is 41.0 Å². The van der Waals surface area contributed by atoms with Crippen molar-refractivity contribution in [2.24, 2.45) is 4.99 Å². The van der Waals surface area contributed by atoms with Crippen LogP contribution in [0.3, 0.4) is 0 Å². The van der Waals surface area contributed by atoms with Gasteiger partial charge in [-0.3, -0.25) is 14.3 Å². The molecule has 8 nitrogen and oxygen atoms in total. The molecule has 0 N–H and O–H groups in total. The summed E-state index contributed by atoms with van der Waals surface area (Å²) in [6.07, 6.45) is 5.46. The number of carbonyl (C=O) groups excluding carboxylic acids is 1. The minimum atomic E-state index is -0.773. The van der Waals surface area contributed by atoms with E-state index in [0.717, 1.165) is 28.2 Å². The van der Waals surface area contributed by atoms with Crippen molar-refractivity contribution in [1.29, 1.82) is 0 Å². The topological polar surface area (TPSA) is 87.7 Å². The second kappa shape index (κ2) is 11.7. The van der Waals surface area contributed by atoms with E-state index in [1.54, 1.807) is 24.8 Å². The molecule has 5 aromatic rings. The molecular weight excluding hydrogens is 560 g/mol. The largest absolute Gasteiger partial charge is 0.497 e. The van der Waals surface area contributed by atoms with Gasteiger partial charge in [0.25, 0.3) is 5.56 Å². The minimum Gasteiger partial charge on any atom is -0.497 e. The minimum absolute atomic E-state index is 0.187. The van der Waals surface area contributed by atoms with Crippen LogP contribution in [0, 0.1) is 13.8 Å². The fraction of sp³-hybridized carbons (Fsp3) is 0.176. The standard InChI is InChI=1S/C34H30N4O4S/c1-5-42-33(40)29-30(23-11-7-6-8-12-23)36-34-38(31(29)24-13-9-15-27(18-24)41-4)32(39)28(43-34)19-25-17-21(2)37(22(25)3)26-14-10-16-35-20-26/h6-20,31H,5H2,1-4H3/t31-/m1/s1. The Morgan fingerprint density at radius 3 is 2.58 bits per heavy atom. The van der Waals surface area contributed by atoms with E-state index in [0.29, 0.717) is 31.9 Å². The average molecular weight is 591 g/mol. The summed E-state index contributed by atoms with van der Waals surface area (Å²) in [4.78, 5) is 37.6. The first-order valence-corrected chi connectivity index (χ1v) is 14.7. The molecule has 0 aliphatic carbocycles. The number of aromatic nitrogens is 3. The molecule has 4 heterocycles. The smallest absolute Gasteiger partial charge is 0.338 e. The predicted octanol–water partition coefficient (Wildman–Crippen LogP) is 4.75. The summed E-state index contributed by atoms with van der Waals surface area (Å²) in [6.45, 7) is 6.00. The molecular formula is C34H30N4O4S. The van der Waals surface area contributed by atoms with Gasteiger partial charge in [0.05, 0.1) is 47.4 Å². The summed E-state index contributed by atoms with van der Waals surface area (Å²) in [5.41, 5.74) is 5.89. The maximum Gasteiger partial charge on any atom is 0.338 e. The van der Waals surface area contributed by atoms with Crippen molar-refractivity contribution in [3.63, 3.8) is 0 Å². The Kier molecular flexibility index (Phi) is 7.65. The van der Waals surface area contributed by atoms with Gasteiger partial charge in [0.2, 0.25) is 0 Å². The Balaban J connectivity index is 1.62. The van der Waals surface area contributed by atoms with Crippen molar-refractivity contribution < 1.29 is 14.3 Å². The van der Waals surface area contributed by atoms with E-state index in [4.69, 9.17) is 14.5 Å². The molecule has 0 radical (unpaired) electrons. The van der Waals surface area contributed by atoms with Crippen LogP contribution in [0.15, 0.2) is 101 Å². The zero-order chi connectivity index (χ0) is 30.1. The highest BCUT2D eigenvalue weighted by Gasteiger charge is 2.35. The average Bonchev–Trinajstić information content (AvgIpc) is 3.50. The number of nitrogens with zero attached hydrogens (tertiary/aromatic N) is 4. The lowest BCUT2D eigenvalue weighted by atomic mass is 9.93. The van der Waals surface area contributed by atoms with E-state index < -0.39 is 12.0 Å². The summed E-state index contributed by atoms with van der Waals surface area (Å²) < 4.78 is 15.3. The van der Waals surface area contributed by atoms with Crippen molar-refractivity contribution in [1.82, 2.24) is 14.1 Å². The number of pyridine rings is 1. The van der Waals surface area contributed by atoms with Crippen LogP contribution in [0.25, 0.3) is 17.5 Å². The van der Waals surface area contributed by atoms with Crippen LogP contribution in [0.4, 0.5) is 0 Å². The molecule has 0 unspecified atom stereocenters. The molecule has 1 aliphatic rings.